The number of piperidine rings is 1. The van der Waals surface area contributed by atoms with E-state index in [2.05, 4.69) is 0 Å². The van der Waals surface area contributed by atoms with Gasteiger partial charge in [0.25, 0.3) is 5.91 Å². The lowest BCUT2D eigenvalue weighted by Crippen LogP contribution is -2.57. The Labute approximate surface area is 167 Å². The normalized spacial score (nSPS) is 20.8. The summed E-state index contributed by atoms with van der Waals surface area (Å²) in [6, 6.07) is 10.2. The number of nitrogens with zero attached hydrogens (tertiary/aromatic N) is 2. The quantitative estimate of drug-likeness (QED) is 0.806. The van der Waals surface area contributed by atoms with Crippen molar-refractivity contribution in [3.8, 4) is 0 Å². The van der Waals surface area contributed by atoms with Crippen LogP contribution in [-0.4, -0.2) is 62.5 Å². The Morgan fingerprint density at radius 3 is 2.34 bits per heavy atom. The molecule has 2 N–H and O–H groups in total. The minimum Gasteiger partial charge on any atom is -0.479 e. The molecule has 2 aliphatic heterocycles. The number of hydrogen-bond donors (Lipinski definition) is 2. The van der Waals surface area contributed by atoms with Crippen molar-refractivity contribution < 1.29 is 29.0 Å². The maximum Gasteiger partial charge on any atom is 0.335 e. The summed E-state index contributed by atoms with van der Waals surface area (Å²) in [5.74, 6) is -1.71. The predicted molar refractivity (Wildman–Crippen MR) is 101 cm³/mol. The molecule has 1 aromatic carbocycles. The highest BCUT2D eigenvalue weighted by molar-refractivity contribution is 5.96. The Bertz CT molecular complexity index is 930. The lowest BCUT2D eigenvalue weighted by Gasteiger charge is -2.41. The molecule has 1 unspecified atom stereocenters. The number of fused-ring (bicyclic) bond motifs is 1. The van der Waals surface area contributed by atoms with E-state index in [0.29, 0.717) is 13.0 Å². The van der Waals surface area contributed by atoms with Gasteiger partial charge in [-0.15, -0.1) is 0 Å². The number of rotatable bonds is 3. The molecule has 1 aromatic heterocycles. The second-order valence-electron chi connectivity index (χ2n) is 7.56. The van der Waals surface area contributed by atoms with Crippen LogP contribution in [0.25, 0.3) is 0 Å². The maximum atomic E-state index is 13.3. The summed E-state index contributed by atoms with van der Waals surface area (Å²) >= 11 is 0. The topological polar surface area (TPSA) is 111 Å². The molecule has 1 atom stereocenters. The molecular weight excluding hydrogens is 376 g/mol. The molecule has 0 bridgehead atoms. The summed E-state index contributed by atoms with van der Waals surface area (Å²) in [7, 11) is 0. The predicted octanol–water partition coefficient (Wildman–Crippen LogP) is 1.28. The highest BCUT2D eigenvalue weighted by Crippen LogP contribution is 2.29. The minimum absolute atomic E-state index is 0.0382. The summed E-state index contributed by atoms with van der Waals surface area (Å²) in [6.07, 6.45) is 1.72. The average Bonchev–Trinajstić information content (AvgIpc) is 3.27. The second-order valence-corrected chi connectivity index (χ2v) is 7.56. The van der Waals surface area contributed by atoms with Crippen molar-refractivity contribution in [2.75, 3.05) is 13.1 Å². The first-order chi connectivity index (χ1) is 13.9. The molecule has 8 nitrogen and oxygen atoms in total. The molecule has 8 heteroatoms. The Morgan fingerprint density at radius 1 is 1.03 bits per heavy atom. The van der Waals surface area contributed by atoms with E-state index in [0.717, 1.165) is 11.1 Å². The molecule has 2 aromatic rings. The van der Waals surface area contributed by atoms with Crippen molar-refractivity contribution in [1.82, 2.24) is 9.80 Å². The zero-order chi connectivity index (χ0) is 20.6. The third kappa shape index (κ3) is 3.51. The highest BCUT2D eigenvalue weighted by Gasteiger charge is 2.43. The molecule has 2 amide bonds. The van der Waals surface area contributed by atoms with Gasteiger partial charge in [0.15, 0.2) is 11.4 Å². The van der Waals surface area contributed by atoms with Gasteiger partial charge in [0, 0.05) is 38.9 Å². The van der Waals surface area contributed by atoms with Gasteiger partial charge in [-0.2, -0.15) is 0 Å². The number of aliphatic carboxylic acids is 1. The van der Waals surface area contributed by atoms with Gasteiger partial charge in [0.05, 0.1) is 6.26 Å². The lowest BCUT2D eigenvalue weighted by molar-refractivity contribution is -0.166. The van der Waals surface area contributed by atoms with Crippen LogP contribution in [0.4, 0.5) is 0 Å². The van der Waals surface area contributed by atoms with E-state index >= 15 is 0 Å². The third-order valence-electron chi connectivity index (χ3n) is 5.83. The first-order valence-corrected chi connectivity index (χ1v) is 9.55. The second kappa shape index (κ2) is 7.36. The summed E-state index contributed by atoms with van der Waals surface area (Å²) in [4.78, 5) is 40.6. The Hall–Kier alpha value is -3.13. The number of carbonyl (C=O) groups is 3. The van der Waals surface area contributed by atoms with E-state index in [9.17, 15) is 24.6 Å². The monoisotopic (exact) mass is 398 g/mol. The molecule has 152 valence electrons. The number of hydrogen-bond acceptors (Lipinski definition) is 5. The van der Waals surface area contributed by atoms with Crippen LogP contribution >= 0.6 is 0 Å². The molecule has 2 aliphatic rings. The van der Waals surface area contributed by atoms with Crippen LogP contribution in [0.3, 0.4) is 0 Å². The zero-order valence-corrected chi connectivity index (χ0v) is 15.8. The van der Waals surface area contributed by atoms with Crippen molar-refractivity contribution in [3.63, 3.8) is 0 Å². The van der Waals surface area contributed by atoms with Gasteiger partial charge in [-0.1, -0.05) is 24.3 Å². The fourth-order valence-corrected chi connectivity index (χ4v) is 4.02. The van der Waals surface area contributed by atoms with E-state index in [-0.39, 0.29) is 43.5 Å². The van der Waals surface area contributed by atoms with Crippen LogP contribution in [0.5, 0.6) is 0 Å². The Balaban J connectivity index is 1.58. The van der Waals surface area contributed by atoms with E-state index in [4.69, 9.17) is 4.42 Å². The molecule has 0 radical (unpaired) electrons. The highest BCUT2D eigenvalue weighted by atomic mass is 16.4. The number of benzene rings is 1. The third-order valence-corrected chi connectivity index (χ3v) is 5.83. The fraction of sp³-hybridized carbons (Fsp3) is 0.381. The molecule has 29 heavy (non-hydrogen) atoms. The molecule has 4 rings (SSSR count). The number of amides is 2. The number of carbonyl (C=O) groups excluding carboxylic acids is 2. The molecule has 0 saturated carbocycles. The summed E-state index contributed by atoms with van der Waals surface area (Å²) in [5.41, 5.74) is 0.184. The maximum absolute atomic E-state index is 13.3. The van der Waals surface area contributed by atoms with Crippen molar-refractivity contribution >= 4 is 17.8 Å². The Kier molecular flexibility index (Phi) is 4.87. The summed E-state index contributed by atoms with van der Waals surface area (Å²) in [6.45, 7) is 0.546. The number of likely N-dealkylation sites (tertiary alicyclic amines) is 1. The molecule has 0 spiro atoms. The molecular formula is C21H22N2O6. The van der Waals surface area contributed by atoms with Crippen LogP contribution in [0.1, 0.15) is 34.5 Å². The van der Waals surface area contributed by atoms with Crippen molar-refractivity contribution in [2.45, 2.75) is 37.5 Å². The van der Waals surface area contributed by atoms with Gasteiger partial charge >= 0.3 is 5.97 Å². The largest absolute Gasteiger partial charge is 0.479 e. The fourth-order valence-electron chi connectivity index (χ4n) is 4.02. The van der Waals surface area contributed by atoms with Gasteiger partial charge in [-0.05, 0) is 23.3 Å². The van der Waals surface area contributed by atoms with Crippen molar-refractivity contribution in [2.24, 2.45) is 0 Å². The number of carboxylic acid groups (broad SMARTS) is 1. The van der Waals surface area contributed by atoms with E-state index in [1.54, 1.807) is 17.0 Å². The van der Waals surface area contributed by atoms with Gasteiger partial charge in [0.2, 0.25) is 5.91 Å². The summed E-state index contributed by atoms with van der Waals surface area (Å²) < 4.78 is 5.25. The van der Waals surface area contributed by atoms with Gasteiger partial charge < -0.3 is 24.4 Å². The number of aliphatic hydroxyl groups is 1. The molecule has 1 saturated heterocycles. The average molecular weight is 398 g/mol. The SMILES string of the molecule is O=C(C1Cc2ccccc2CN1C(=O)c1ccco1)N1CCC(O)(C(=O)O)CC1. The molecule has 1 fully saturated rings. The van der Waals surface area contributed by atoms with E-state index in [1.807, 2.05) is 24.3 Å². The van der Waals surface area contributed by atoms with Crippen molar-refractivity contribution in [3.05, 3.63) is 59.5 Å². The van der Waals surface area contributed by atoms with Crippen LogP contribution < -0.4 is 0 Å². The van der Waals surface area contributed by atoms with Crippen LogP contribution in [0, 0.1) is 0 Å². The van der Waals surface area contributed by atoms with Crippen LogP contribution in [0.15, 0.2) is 47.1 Å². The van der Waals surface area contributed by atoms with Crippen LogP contribution in [0.2, 0.25) is 0 Å². The van der Waals surface area contributed by atoms with Crippen molar-refractivity contribution in [1.29, 1.82) is 0 Å². The number of furan rings is 1. The first kappa shape index (κ1) is 19.2. The Morgan fingerprint density at radius 2 is 1.72 bits per heavy atom. The minimum atomic E-state index is -1.81. The van der Waals surface area contributed by atoms with Crippen LogP contribution in [-0.2, 0) is 22.6 Å². The lowest BCUT2D eigenvalue weighted by atomic mass is 9.89. The van der Waals surface area contributed by atoms with E-state index in [1.165, 1.54) is 11.2 Å². The smallest absolute Gasteiger partial charge is 0.335 e. The molecule has 3 heterocycles. The first-order valence-electron chi connectivity index (χ1n) is 9.55. The van der Waals surface area contributed by atoms with Gasteiger partial charge in [0.1, 0.15) is 6.04 Å². The zero-order valence-electron chi connectivity index (χ0n) is 15.8. The van der Waals surface area contributed by atoms with E-state index < -0.39 is 17.6 Å². The van der Waals surface area contributed by atoms with Gasteiger partial charge in [-0.25, -0.2) is 4.79 Å². The number of carboxylic acids is 1. The molecule has 0 aliphatic carbocycles. The van der Waals surface area contributed by atoms with Gasteiger partial charge in [-0.3, -0.25) is 9.59 Å². The summed E-state index contributed by atoms with van der Waals surface area (Å²) in [5, 5.41) is 19.3. The standard InChI is InChI=1S/C21H22N2O6/c24-18(22-9-7-21(28,8-10-22)20(26)27)16-12-14-4-1-2-5-15(14)13-23(16)19(25)17-6-3-11-29-17/h1-6,11,16,28H,7-10,12-13H2,(H,26,27).